The van der Waals surface area contributed by atoms with Crippen molar-refractivity contribution < 1.29 is 19.4 Å². The molecule has 23 heavy (non-hydrogen) atoms. The third-order valence-electron chi connectivity index (χ3n) is 3.74. The summed E-state index contributed by atoms with van der Waals surface area (Å²) in [6.07, 6.45) is 3.94. The molecule has 1 N–H and O–H groups in total. The molecular weight excluding hydrogens is 296 g/mol. The lowest BCUT2D eigenvalue weighted by Crippen LogP contribution is -2.48. The number of aromatic nitrogens is 1. The molecule has 3 rings (SSSR count). The molecular formula is C17H16N2O4. The average Bonchev–Trinajstić information content (AvgIpc) is 2.59. The number of benzene rings is 1. The Hall–Kier alpha value is -2.73. The number of carboxylic acid groups (broad SMARTS) is 1. The molecule has 1 aromatic carbocycles. The van der Waals surface area contributed by atoms with Crippen LogP contribution in [0, 0.1) is 0 Å². The number of ether oxygens (including phenoxy) is 1. The van der Waals surface area contributed by atoms with Gasteiger partial charge in [-0.05, 0) is 23.8 Å². The fourth-order valence-corrected chi connectivity index (χ4v) is 2.53. The summed E-state index contributed by atoms with van der Waals surface area (Å²) in [5.41, 5.74) is 1.76. The second-order valence-electron chi connectivity index (χ2n) is 5.23. The van der Waals surface area contributed by atoms with Crippen molar-refractivity contribution in [1.82, 2.24) is 9.88 Å². The van der Waals surface area contributed by atoms with Gasteiger partial charge in [0.15, 0.2) is 6.10 Å². The Kier molecular flexibility index (Phi) is 4.34. The molecule has 0 spiro atoms. The number of carbonyl (C=O) groups is 2. The number of carboxylic acids is 1. The third kappa shape index (κ3) is 3.37. The number of pyridine rings is 1. The van der Waals surface area contributed by atoms with Crippen LogP contribution in [0.1, 0.15) is 5.56 Å². The Labute approximate surface area is 133 Å². The van der Waals surface area contributed by atoms with Gasteiger partial charge in [-0.2, -0.15) is 0 Å². The molecule has 2 heterocycles. The highest BCUT2D eigenvalue weighted by atomic mass is 16.5. The summed E-state index contributed by atoms with van der Waals surface area (Å²) >= 11 is 0. The molecule has 1 aliphatic heterocycles. The number of aliphatic carboxylic acids is 1. The zero-order valence-electron chi connectivity index (χ0n) is 12.4. The molecule has 1 aromatic heterocycles. The number of morpholine rings is 1. The van der Waals surface area contributed by atoms with E-state index in [1.807, 2.05) is 30.3 Å². The first kappa shape index (κ1) is 15.2. The number of nitrogens with zero attached hydrogens (tertiary/aromatic N) is 2. The van der Waals surface area contributed by atoms with E-state index in [-0.39, 0.29) is 19.1 Å². The molecule has 6 heteroatoms. The molecule has 0 bridgehead atoms. The Morgan fingerprint density at radius 1 is 1.30 bits per heavy atom. The van der Waals surface area contributed by atoms with Crippen LogP contribution in [0.15, 0.2) is 42.6 Å². The van der Waals surface area contributed by atoms with Crippen LogP contribution in [-0.2, 0) is 14.3 Å². The maximum Gasteiger partial charge on any atom is 0.334 e. The summed E-state index contributed by atoms with van der Waals surface area (Å²) in [5, 5.41) is 9.94. The second-order valence-corrected chi connectivity index (χ2v) is 5.23. The van der Waals surface area contributed by atoms with Crippen molar-refractivity contribution in [2.24, 2.45) is 0 Å². The van der Waals surface area contributed by atoms with E-state index in [0.717, 1.165) is 16.5 Å². The average molecular weight is 312 g/mol. The van der Waals surface area contributed by atoms with Crippen LogP contribution in [0.5, 0.6) is 0 Å². The van der Waals surface area contributed by atoms with Crippen molar-refractivity contribution >= 4 is 28.9 Å². The van der Waals surface area contributed by atoms with Crippen molar-refractivity contribution in [2.75, 3.05) is 19.7 Å². The van der Waals surface area contributed by atoms with E-state index in [1.54, 1.807) is 12.3 Å². The Balaban J connectivity index is 1.76. The molecule has 0 radical (unpaired) electrons. The molecule has 0 aliphatic carbocycles. The van der Waals surface area contributed by atoms with E-state index in [9.17, 15) is 9.59 Å². The highest BCUT2D eigenvalue weighted by Gasteiger charge is 2.27. The van der Waals surface area contributed by atoms with E-state index >= 15 is 0 Å². The molecule has 118 valence electrons. The monoisotopic (exact) mass is 312 g/mol. The molecule has 1 fully saturated rings. The first-order valence-corrected chi connectivity index (χ1v) is 7.30. The summed E-state index contributed by atoms with van der Waals surface area (Å²) in [5.74, 6) is -1.27. The minimum Gasteiger partial charge on any atom is -0.479 e. The molecule has 1 unspecified atom stereocenters. The van der Waals surface area contributed by atoms with Crippen LogP contribution >= 0.6 is 0 Å². The fourth-order valence-electron chi connectivity index (χ4n) is 2.53. The van der Waals surface area contributed by atoms with Gasteiger partial charge in [-0.25, -0.2) is 4.79 Å². The normalized spacial score (nSPS) is 18.4. The number of rotatable bonds is 3. The number of carbonyl (C=O) groups excluding carboxylic acids is 1. The zero-order chi connectivity index (χ0) is 16.2. The highest BCUT2D eigenvalue weighted by molar-refractivity contribution is 5.96. The first-order chi connectivity index (χ1) is 11.1. The zero-order valence-corrected chi connectivity index (χ0v) is 12.4. The van der Waals surface area contributed by atoms with Crippen LogP contribution in [0.25, 0.3) is 17.0 Å². The van der Waals surface area contributed by atoms with Crippen molar-refractivity contribution in [3.05, 3.63) is 48.2 Å². The van der Waals surface area contributed by atoms with Gasteiger partial charge in [0.1, 0.15) is 0 Å². The lowest BCUT2D eigenvalue weighted by molar-refractivity contribution is -0.158. The number of fused-ring (bicyclic) bond motifs is 1. The molecule has 1 aliphatic rings. The Morgan fingerprint density at radius 3 is 2.96 bits per heavy atom. The van der Waals surface area contributed by atoms with Crippen LogP contribution in [0.3, 0.4) is 0 Å². The molecule has 2 aromatic rings. The number of hydrogen-bond donors (Lipinski definition) is 1. The van der Waals surface area contributed by atoms with E-state index in [4.69, 9.17) is 9.84 Å². The van der Waals surface area contributed by atoms with Crippen molar-refractivity contribution in [3.8, 4) is 0 Å². The van der Waals surface area contributed by atoms with Gasteiger partial charge in [0, 0.05) is 24.2 Å². The minimum absolute atomic E-state index is 0.0651. The summed E-state index contributed by atoms with van der Waals surface area (Å²) in [7, 11) is 0. The lowest BCUT2D eigenvalue weighted by Gasteiger charge is -2.30. The predicted octanol–water partition coefficient (Wildman–Crippen LogP) is 1.56. The molecule has 1 amide bonds. The Bertz CT molecular complexity index is 767. The van der Waals surface area contributed by atoms with Gasteiger partial charge >= 0.3 is 5.97 Å². The number of amides is 1. The van der Waals surface area contributed by atoms with Gasteiger partial charge in [-0.1, -0.05) is 18.2 Å². The summed E-state index contributed by atoms with van der Waals surface area (Å²) < 4.78 is 5.11. The maximum atomic E-state index is 12.3. The fraction of sp³-hybridized carbons (Fsp3) is 0.235. The number of hydrogen-bond acceptors (Lipinski definition) is 4. The standard InChI is InChI=1S/C17H16N2O4/c20-16(19-9-10-23-15(11-19)17(21)22)6-5-12-7-8-18-14-4-2-1-3-13(12)14/h1-8,15H,9-11H2,(H,21,22). The highest BCUT2D eigenvalue weighted by Crippen LogP contribution is 2.17. The predicted molar refractivity (Wildman–Crippen MR) is 84.7 cm³/mol. The summed E-state index contributed by atoms with van der Waals surface area (Å²) in [6.45, 7) is 0.689. The maximum absolute atomic E-state index is 12.3. The van der Waals surface area contributed by atoms with E-state index in [0.29, 0.717) is 6.54 Å². The third-order valence-corrected chi connectivity index (χ3v) is 3.74. The molecule has 6 nitrogen and oxygen atoms in total. The van der Waals surface area contributed by atoms with Gasteiger partial charge in [0.25, 0.3) is 0 Å². The van der Waals surface area contributed by atoms with Crippen LogP contribution in [-0.4, -0.2) is 52.7 Å². The topological polar surface area (TPSA) is 79.7 Å². The van der Waals surface area contributed by atoms with Crippen molar-refractivity contribution in [1.29, 1.82) is 0 Å². The summed E-state index contributed by atoms with van der Waals surface area (Å²) in [4.78, 5) is 29.0. The van der Waals surface area contributed by atoms with Crippen LogP contribution in [0.4, 0.5) is 0 Å². The van der Waals surface area contributed by atoms with Gasteiger partial charge in [-0.3, -0.25) is 9.78 Å². The quantitative estimate of drug-likeness (QED) is 0.870. The molecule has 1 saturated heterocycles. The van der Waals surface area contributed by atoms with Crippen molar-refractivity contribution in [3.63, 3.8) is 0 Å². The number of para-hydroxylation sites is 1. The summed E-state index contributed by atoms with van der Waals surface area (Å²) in [6, 6.07) is 9.53. The molecule has 0 saturated carbocycles. The lowest BCUT2D eigenvalue weighted by atomic mass is 10.1. The van der Waals surface area contributed by atoms with E-state index < -0.39 is 12.1 Å². The smallest absolute Gasteiger partial charge is 0.334 e. The van der Waals surface area contributed by atoms with E-state index in [2.05, 4.69) is 4.98 Å². The first-order valence-electron chi connectivity index (χ1n) is 7.30. The largest absolute Gasteiger partial charge is 0.479 e. The van der Waals surface area contributed by atoms with Crippen LogP contribution < -0.4 is 0 Å². The van der Waals surface area contributed by atoms with Gasteiger partial charge in [0.05, 0.1) is 18.7 Å². The molecule has 1 atom stereocenters. The van der Waals surface area contributed by atoms with E-state index in [1.165, 1.54) is 11.0 Å². The van der Waals surface area contributed by atoms with Gasteiger partial charge in [0.2, 0.25) is 5.91 Å². The van der Waals surface area contributed by atoms with Crippen LogP contribution in [0.2, 0.25) is 0 Å². The minimum atomic E-state index is -1.05. The van der Waals surface area contributed by atoms with Gasteiger partial charge in [-0.15, -0.1) is 0 Å². The van der Waals surface area contributed by atoms with Gasteiger partial charge < -0.3 is 14.7 Å². The SMILES string of the molecule is O=C(O)C1CN(C(=O)C=Cc2ccnc3ccccc23)CCO1. The Morgan fingerprint density at radius 2 is 2.13 bits per heavy atom. The second kappa shape index (κ2) is 6.58. The van der Waals surface area contributed by atoms with Crippen molar-refractivity contribution in [2.45, 2.75) is 6.10 Å².